The normalized spacial score (nSPS) is 12.6. The van der Waals surface area contributed by atoms with E-state index in [1.54, 1.807) is 0 Å². The summed E-state index contributed by atoms with van der Waals surface area (Å²) in [5, 5.41) is 3.51. The summed E-state index contributed by atoms with van der Waals surface area (Å²) in [6.45, 7) is 9.45. The molecule has 1 unspecified atom stereocenters. The topological polar surface area (TPSA) is 25.2 Å². The molecule has 0 saturated carbocycles. The van der Waals surface area contributed by atoms with E-state index >= 15 is 0 Å². The van der Waals surface area contributed by atoms with Crippen LogP contribution in [-0.2, 0) is 6.42 Å². The van der Waals surface area contributed by atoms with Crippen LogP contribution in [0.2, 0.25) is 0 Å². The molecule has 2 nitrogen and oxygen atoms in total. The molecule has 1 heterocycles. The van der Waals surface area contributed by atoms with Crippen molar-refractivity contribution < 1.29 is 4.42 Å². The standard InChI is InChI=1S/C17H23NO/c1-5-15-9-10-16(19-15)17(18-6-2)14-8-7-12(3)13(4)11-14/h7-11,17-18H,5-6H2,1-4H3. The number of hydrogen-bond acceptors (Lipinski definition) is 2. The van der Waals surface area contributed by atoms with E-state index in [0.717, 1.165) is 24.5 Å². The van der Waals surface area contributed by atoms with Gasteiger partial charge in [0, 0.05) is 6.42 Å². The summed E-state index contributed by atoms with van der Waals surface area (Å²) in [5.74, 6) is 2.05. The third-order valence-electron chi connectivity index (χ3n) is 3.59. The van der Waals surface area contributed by atoms with Gasteiger partial charge in [0.05, 0.1) is 6.04 Å². The second kappa shape index (κ2) is 6.07. The van der Waals surface area contributed by atoms with Gasteiger partial charge in [0.1, 0.15) is 11.5 Å². The molecule has 102 valence electrons. The Morgan fingerprint density at radius 3 is 2.42 bits per heavy atom. The summed E-state index contributed by atoms with van der Waals surface area (Å²) in [6, 6.07) is 10.9. The molecule has 0 fully saturated rings. The minimum atomic E-state index is 0.143. The van der Waals surface area contributed by atoms with Gasteiger partial charge in [0.15, 0.2) is 0 Å². The molecule has 1 atom stereocenters. The number of hydrogen-bond donors (Lipinski definition) is 1. The van der Waals surface area contributed by atoms with E-state index in [0.29, 0.717) is 0 Å². The van der Waals surface area contributed by atoms with Crippen molar-refractivity contribution in [1.82, 2.24) is 5.32 Å². The lowest BCUT2D eigenvalue weighted by Gasteiger charge is -2.17. The van der Waals surface area contributed by atoms with Crippen LogP contribution in [-0.4, -0.2) is 6.54 Å². The first-order valence-corrected chi connectivity index (χ1v) is 7.04. The van der Waals surface area contributed by atoms with E-state index in [-0.39, 0.29) is 6.04 Å². The van der Waals surface area contributed by atoms with E-state index in [1.165, 1.54) is 16.7 Å². The highest BCUT2D eigenvalue weighted by Gasteiger charge is 2.17. The largest absolute Gasteiger partial charge is 0.464 e. The number of furan rings is 1. The van der Waals surface area contributed by atoms with Crippen molar-refractivity contribution >= 4 is 0 Å². The minimum absolute atomic E-state index is 0.143. The van der Waals surface area contributed by atoms with Gasteiger partial charge in [-0.15, -0.1) is 0 Å². The molecule has 2 heteroatoms. The van der Waals surface area contributed by atoms with Crippen molar-refractivity contribution in [2.24, 2.45) is 0 Å². The third-order valence-corrected chi connectivity index (χ3v) is 3.59. The van der Waals surface area contributed by atoms with Crippen LogP contribution in [0.4, 0.5) is 0 Å². The molecule has 1 aromatic heterocycles. The van der Waals surface area contributed by atoms with Crippen molar-refractivity contribution in [1.29, 1.82) is 0 Å². The Morgan fingerprint density at radius 2 is 1.84 bits per heavy atom. The Bertz CT molecular complexity index is 542. The molecule has 0 aliphatic rings. The van der Waals surface area contributed by atoms with Crippen molar-refractivity contribution in [2.75, 3.05) is 6.54 Å². The molecule has 19 heavy (non-hydrogen) atoms. The van der Waals surface area contributed by atoms with Crippen LogP contribution < -0.4 is 5.32 Å². The number of nitrogens with one attached hydrogen (secondary N) is 1. The van der Waals surface area contributed by atoms with Crippen molar-refractivity contribution in [3.8, 4) is 0 Å². The van der Waals surface area contributed by atoms with Gasteiger partial charge in [-0.25, -0.2) is 0 Å². The zero-order valence-electron chi connectivity index (χ0n) is 12.3. The molecule has 0 bridgehead atoms. The minimum Gasteiger partial charge on any atom is -0.464 e. The molecular formula is C17H23NO. The third kappa shape index (κ3) is 3.07. The van der Waals surface area contributed by atoms with Gasteiger partial charge in [-0.1, -0.05) is 32.0 Å². The van der Waals surface area contributed by atoms with E-state index in [4.69, 9.17) is 4.42 Å². The summed E-state index contributed by atoms with van der Waals surface area (Å²) in [6.07, 6.45) is 0.936. The molecule has 0 spiro atoms. The van der Waals surface area contributed by atoms with Gasteiger partial charge in [-0.2, -0.15) is 0 Å². The molecule has 0 radical (unpaired) electrons. The van der Waals surface area contributed by atoms with Gasteiger partial charge in [0.2, 0.25) is 0 Å². The predicted molar refractivity (Wildman–Crippen MR) is 79.5 cm³/mol. The second-order valence-corrected chi connectivity index (χ2v) is 4.99. The Hall–Kier alpha value is -1.54. The maximum Gasteiger partial charge on any atom is 0.125 e. The quantitative estimate of drug-likeness (QED) is 0.870. The van der Waals surface area contributed by atoms with Crippen LogP contribution in [0.15, 0.2) is 34.7 Å². The molecule has 0 amide bonds. The monoisotopic (exact) mass is 257 g/mol. The van der Waals surface area contributed by atoms with Crippen LogP contribution in [0.5, 0.6) is 0 Å². The average molecular weight is 257 g/mol. The fourth-order valence-corrected chi connectivity index (χ4v) is 2.27. The summed E-state index contributed by atoms with van der Waals surface area (Å²) < 4.78 is 5.91. The molecule has 2 aromatic rings. The molecular weight excluding hydrogens is 234 g/mol. The summed E-state index contributed by atoms with van der Waals surface area (Å²) in [4.78, 5) is 0. The lowest BCUT2D eigenvalue weighted by Crippen LogP contribution is -2.21. The highest BCUT2D eigenvalue weighted by atomic mass is 16.3. The van der Waals surface area contributed by atoms with Crippen LogP contribution >= 0.6 is 0 Å². The smallest absolute Gasteiger partial charge is 0.125 e. The average Bonchev–Trinajstić information content (AvgIpc) is 2.88. The Balaban J connectivity index is 2.35. The first-order chi connectivity index (χ1) is 9.15. The van der Waals surface area contributed by atoms with E-state index in [9.17, 15) is 0 Å². The molecule has 0 aliphatic carbocycles. The van der Waals surface area contributed by atoms with Gasteiger partial charge in [-0.3, -0.25) is 0 Å². The van der Waals surface area contributed by atoms with Crippen molar-refractivity contribution in [3.05, 3.63) is 58.5 Å². The fourth-order valence-electron chi connectivity index (χ4n) is 2.27. The van der Waals surface area contributed by atoms with Crippen LogP contribution in [0.25, 0.3) is 0 Å². The lowest BCUT2D eigenvalue weighted by atomic mass is 9.99. The maximum atomic E-state index is 5.91. The van der Waals surface area contributed by atoms with Crippen LogP contribution in [0.3, 0.4) is 0 Å². The Labute approximate surface area is 115 Å². The summed E-state index contributed by atoms with van der Waals surface area (Å²) in [7, 11) is 0. The number of rotatable bonds is 5. The molecule has 1 N–H and O–H groups in total. The molecule has 0 saturated heterocycles. The van der Waals surface area contributed by atoms with Gasteiger partial charge in [-0.05, 0) is 49.2 Å². The van der Waals surface area contributed by atoms with E-state index in [1.807, 2.05) is 0 Å². The van der Waals surface area contributed by atoms with E-state index < -0.39 is 0 Å². The highest BCUT2D eigenvalue weighted by molar-refractivity contribution is 5.35. The SMILES string of the molecule is CCNC(c1ccc(C)c(C)c1)c1ccc(CC)o1. The molecule has 1 aromatic carbocycles. The van der Waals surface area contributed by atoms with E-state index in [2.05, 4.69) is 63.3 Å². The lowest BCUT2D eigenvalue weighted by molar-refractivity contribution is 0.426. The van der Waals surface area contributed by atoms with Gasteiger partial charge >= 0.3 is 0 Å². The molecule has 2 rings (SSSR count). The second-order valence-electron chi connectivity index (χ2n) is 4.99. The predicted octanol–water partition coefficient (Wildman–Crippen LogP) is 4.16. The zero-order valence-corrected chi connectivity index (χ0v) is 12.3. The first-order valence-electron chi connectivity index (χ1n) is 7.04. The van der Waals surface area contributed by atoms with Crippen molar-refractivity contribution in [2.45, 2.75) is 40.2 Å². The van der Waals surface area contributed by atoms with Gasteiger partial charge < -0.3 is 9.73 Å². The number of aryl methyl sites for hydroxylation is 3. The fraction of sp³-hybridized carbons (Fsp3) is 0.412. The summed E-state index contributed by atoms with van der Waals surface area (Å²) in [5.41, 5.74) is 3.91. The van der Waals surface area contributed by atoms with Crippen LogP contribution in [0, 0.1) is 13.8 Å². The Morgan fingerprint density at radius 1 is 1.05 bits per heavy atom. The first kappa shape index (κ1) is 13.9. The Kier molecular flexibility index (Phi) is 4.43. The number of benzene rings is 1. The van der Waals surface area contributed by atoms with Crippen LogP contribution in [0.1, 0.15) is 48.1 Å². The van der Waals surface area contributed by atoms with Gasteiger partial charge in [0.25, 0.3) is 0 Å². The van der Waals surface area contributed by atoms with Crippen molar-refractivity contribution in [3.63, 3.8) is 0 Å². The molecule has 0 aliphatic heterocycles. The highest BCUT2D eigenvalue weighted by Crippen LogP contribution is 2.25. The zero-order chi connectivity index (χ0) is 13.8. The maximum absolute atomic E-state index is 5.91. The summed E-state index contributed by atoms with van der Waals surface area (Å²) >= 11 is 0.